The molecule has 2 amide bonds. The summed E-state index contributed by atoms with van der Waals surface area (Å²) in [4.78, 5) is 35.2. The fourth-order valence-corrected chi connectivity index (χ4v) is 2.79. The Morgan fingerprint density at radius 1 is 1.35 bits per heavy atom. The van der Waals surface area contributed by atoms with E-state index in [4.69, 9.17) is 9.52 Å². The average molecular weight is 322 g/mol. The highest BCUT2D eigenvalue weighted by Crippen LogP contribution is 2.29. The Bertz CT molecular complexity index is 555. The Kier molecular flexibility index (Phi) is 5.78. The first-order chi connectivity index (χ1) is 11.0. The van der Waals surface area contributed by atoms with E-state index in [0.717, 1.165) is 0 Å². The number of aliphatic carboxylic acids is 1. The average Bonchev–Trinajstić information content (AvgIpc) is 3.06. The molecular formula is C16H22N2O5. The van der Waals surface area contributed by atoms with Gasteiger partial charge in [0, 0.05) is 5.92 Å². The fraction of sp³-hybridized carbons (Fsp3) is 0.562. The van der Waals surface area contributed by atoms with E-state index in [1.807, 2.05) is 0 Å². The molecule has 1 fully saturated rings. The number of carbonyl (C=O) groups is 3. The van der Waals surface area contributed by atoms with E-state index in [-0.39, 0.29) is 24.3 Å². The van der Waals surface area contributed by atoms with Crippen LogP contribution in [0.5, 0.6) is 0 Å². The lowest BCUT2D eigenvalue weighted by molar-refractivity contribution is -0.144. The number of carbonyl (C=O) groups excluding carboxylic acids is 2. The molecule has 0 aliphatic heterocycles. The molecule has 3 unspecified atom stereocenters. The Balaban J connectivity index is 1.79. The van der Waals surface area contributed by atoms with Crippen LogP contribution in [0.4, 0.5) is 0 Å². The van der Waals surface area contributed by atoms with Gasteiger partial charge in [0.25, 0.3) is 0 Å². The second-order valence-corrected chi connectivity index (χ2v) is 5.93. The standard InChI is InChI=1S/C16H22N2O5/c1-10(14(19)17-9-13-6-3-7-23-13)18-15(20)11-4-2-5-12(8-11)16(21)22/h3,6-7,10-12H,2,4-5,8-9H2,1H3,(H,17,19)(H,18,20)(H,21,22). The van der Waals surface area contributed by atoms with Crippen molar-refractivity contribution in [3.63, 3.8) is 0 Å². The van der Waals surface area contributed by atoms with Gasteiger partial charge in [-0.3, -0.25) is 14.4 Å². The first-order valence-corrected chi connectivity index (χ1v) is 7.80. The molecule has 0 spiro atoms. The van der Waals surface area contributed by atoms with Crippen molar-refractivity contribution in [2.45, 2.75) is 45.2 Å². The SMILES string of the molecule is CC(NC(=O)C1CCCC(C(=O)O)C1)C(=O)NCc1ccco1. The van der Waals surface area contributed by atoms with Crippen LogP contribution in [-0.2, 0) is 20.9 Å². The molecule has 0 radical (unpaired) electrons. The first-order valence-electron chi connectivity index (χ1n) is 7.80. The van der Waals surface area contributed by atoms with Gasteiger partial charge in [-0.15, -0.1) is 0 Å². The van der Waals surface area contributed by atoms with Gasteiger partial charge in [0.05, 0.1) is 18.7 Å². The van der Waals surface area contributed by atoms with Crippen LogP contribution in [-0.4, -0.2) is 28.9 Å². The normalized spacial score (nSPS) is 22.1. The van der Waals surface area contributed by atoms with E-state index in [0.29, 0.717) is 31.4 Å². The number of hydrogen-bond acceptors (Lipinski definition) is 4. The molecule has 1 aliphatic rings. The van der Waals surface area contributed by atoms with Crippen LogP contribution in [0.2, 0.25) is 0 Å². The lowest BCUT2D eigenvalue weighted by Gasteiger charge is -2.26. The topological polar surface area (TPSA) is 109 Å². The molecule has 1 aromatic heterocycles. The Labute approximate surface area is 134 Å². The van der Waals surface area contributed by atoms with Crippen LogP contribution in [0.15, 0.2) is 22.8 Å². The Morgan fingerprint density at radius 3 is 2.74 bits per heavy atom. The highest BCUT2D eigenvalue weighted by Gasteiger charge is 2.32. The molecule has 7 nitrogen and oxygen atoms in total. The highest BCUT2D eigenvalue weighted by molar-refractivity contribution is 5.88. The number of hydrogen-bond donors (Lipinski definition) is 3. The Morgan fingerprint density at radius 2 is 2.09 bits per heavy atom. The van der Waals surface area contributed by atoms with Gasteiger partial charge >= 0.3 is 5.97 Å². The molecular weight excluding hydrogens is 300 g/mol. The van der Waals surface area contributed by atoms with Gasteiger partial charge in [-0.1, -0.05) is 6.42 Å². The molecule has 1 aromatic rings. The zero-order valence-corrected chi connectivity index (χ0v) is 13.1. The van der Waals surface area contributed by atoms with Crippen molar-refractivity contribution in [2.75, 3.05) is 0 Å². The quantitative estimate of drug-likeness (QED) is 0.731. The van der Waals surface area contributed by atoms with Crippen LogP contribution in [0.1, 0.15) is 38.4 Å². The number of nitrogens with one attached hydrogen (secondary N) is 2. The second-order valence-electron chi connectivity index (χ2n) is 5.93. The number of rotatable bonds is 6. The molecule has 3 atom stereocenters. The predicted molar refractivity (Wildman–Crippen MR) is 81.2 cm³/mol. The number of furan rings is 1. The first kappa shape index (κ1) is 17.1. The molecule has 0 aromatic carbocycles. The lowest BCUT2D eigenvalue weighted by atomic mass is 9.81. The number of carboxylic acids is 1. The van der Waals surface area contributed by atoms with Gasteiger partial charge in [-0.2, -0.15) is 0 Å². The molecule has 23 heavy (non-hydrogen) atoms. The van der Waals surface area contributed by atoms with Gasteiger partial charge in [0.1, 0.15) is 11.8 Å². The minimum Gasteiger partial charge on any atom is -0.481 e. The third kappa shape index (κ3) is 4.84. The van der Waals surface area contributed by atoms with Crippen LogP contribution in [0.25, 0.3) is 0 Å². The van der Waals surface area contributed by atoms with E-state index in [9.17, 15) is 14.4 Å². The smallest absolute Gasteiger partial charge is 0.306 e. The molecule has 2 rings (SSSR count). The van der Waals surface area contributed by atoms with E-state index in [1.54, 1.807) is 19.1 Å². The van der Waals surface area contributed by atoms with Gasteiger partial charge in [-0.25, -0.2) is 0 Å². The van der Waals surface area contributed by atoms with Crippen LogP contribution in [0.3, 0.4) is 0 Å². The van der Waals surface area contributed by atoms with Crippen molar-refractivity contribution in [3.05, 3.63) is 24.2 Å². The summed E-state index contributed by atoms with van der Waals surface area (Å²) in [6.07, 6.45) is 3.85. The maximum atomic E-state index is 12.2. The monoisotopic (exact) mass is 322 g/mol. The fourth-order valence-electron chi connectivity index (χ4n) is 2.79. The van der Waals surface area contributed by atoms with Crippen LogP contribution >= 0.6 is 0 Å². The molecule has 1 saturated carbocycles. The molecule has 7 heteroatoms. The minimum atomic E-state index is -0.855. The second kappa shape index (κ2) is 7.80. The Hall–Kier alpha value is -2.31. The van der Waals surface area contributed by atoms with Crippen molar-refractivity contribution < 1.29 is 23.9 Å². The zero-order chi connectivity index (χ0) is 16.8. The summed E-state index contributed by atoms with van der Waals surface area (Å²) in [5, 5.41) is 14.4. The van der Waals surface area contributed by atoms with Gasteiger partial charge in [0.2, 0.25) is 11.8 Å². The molecule has 1 aliphatic carbocycles. The number of amides is 2. The van der Waals surface area contributed by atoms with Crippen molar-refractivity contribution in [1.29, 1.82) is 0 Å². The summed E-state index contributed by atoms with van der Waals surface area (Å²) >= 11 is 0. The van der Waals surface area contributed by atoms with E-state index >= 15 is 0 Å². The highest BCUT2D eigenvalue weighted by atomic mass is 16.4. The summed E-state index contributed by atoms with van der Waals surface area (Å²) in [7, 11) is 0. The molecule has 3 N–H and O–H groups in total. The summed E-state index contributed by atoms with van der Waals surface area (Å²) in [6, 6.07) is 2.80. The predicted octanol–water partition coefficient (Wildman–Crippen LogP) is 1.29. The summed E-state index contributed by atoms with van der Waals surface area (Å²) < 4.78 is 5.12. The molecule has 0 bridgehead atoms. The van der Waals surface area contributed by atoms with Crippen molar-refractivity contribution in [2.24, 2.45) is 11.8 Å². The maximum Gasteiger partial charge on any atom is 0.306 e. The number of carboxylic acid groups (broad SMARTS) is 1. The van der Waals surface area contributed by atoms with Crippen molar-refractivity contribution in [1.82, 2.24) is 10.6 Å². The van der Waals surface area contributed by atoms with E-state index in [1.165, 1.54) is 6.26 Å². The summed E-state index contributed by atoms with van der Waals surface area (Å²) in [5.74, 6) is -1.59. The lowest BCUT2D eigenvalue weighted by Crippen LogP contribution is -2.47. The van der Waals surface area contributed by atoms with E-state index in [2.05, 4.69) is 10.6 Å². The van der Waals surface area contributed by atoms with E-state index < -0.39 is 17.9 Å². The van der Waals surface area contributed by atoms with Gasteiger partial charge < -0.3 is 20.2 Å². The van der Waals surface area contributed by atoms with Gasteiger partial charge in [0.15, 0.2) is 0 Å². The molecule has 1 heterocycles. The third-order valence-electron chi connectivity index (χ3n) is 4.16. The largest absolute Gasteiger partial charge is 0.481 e. The maximum absolute atomic E-state index is 12.2. The van der Waals surface area contributed by atoms with Crippen LogP contribution < -0.4 is 10.6 Å². The third-order valence-corrected chi connectivity index (χ3v) is 4.16. The van der Waals surface area contributed by atoms with Crippen molar-refractivity contribution in [3.8, 4) is 0 Å². The molecule has 0 saturated heterocycles. The van der Waals surface area contributed by atoms with Crippen LogP contribution in [0, 0.1) is 11.8 Å². The van der Waals surface area contributed by atoms with Gasteiger partial charge in [-0.05, 0) is 38.3 Å². The summed E-state index contributed by atoms with van der Waals surface area (Å²) in [6.45, 7) is 1.86. The minimum absolute atomic E-state index is 0.253. The molecule has 126 valence electrons. The zero-order valence-electron chi connectivity index (χ0n) is 13.1. The van der Waals surface area contributed by atoms with Crippen molar-refractivity contribution >= 4 is 17.8 Å². The summed E-state index contributed by atoms with van der Waals surface area (Å²) in [5.41, 5.74) is 0.